The zero-order chi connectivity index (χ0) is 17.5. The molecule has 2 nitrogen and oxygen atoms in total. The summed E-state index contributed by atoms with van der Waals surface area (Å²) in [7, 11) is 0. The zero-order valence-electron chi connectivity index (χ0n) is 12.0. The summed E-state index contributed by atoms with van der Waals surface area (Å²) in [5.74, 6) is -0.971. The van der Waals surface area contributed by atoms with E-state index in [1.807, 2.05) is 0 Å². The second kappa shape index (κ2) is 6.29. The number of carbonyl (C=O) groups is 1. The largest absolute Gasteiger partial charge is 0.416 e. The molecule has 1 saturated heterocycles. The molecule has 0 spiro atoms. The molecule has 1 aliphatic rings. The summed E-state index contributed by atoms with van der Waals surface area (Å²) in [6.45, 7) is 0. The fraction of sp³-hybridized carbons (Fsp3) is 0.188. The van der Waals surface area contributed by atoms with Gasteiger partial charge in [0.15, 0.2) is 0 Å². The number of hydrogen-bond acceptors (Lipinski definition) is 2. The van der Waals surface area contributed by atoms with E-state index in [9.17, 15) is 22.4 Å². The van der Waals surface area contributed by atoms with Gasteiger partial charge in [-0.3, -0.25) is 9.69 Å². The van der Waals surface area contributed by atoms with Gasteiger partial charge < -0.3 is 0 Å². The van der Waals surface area contributed by atoms with Crippen LogP contribution in [0.25, 0.3) is 0 Å². The summed E-state index contributed by atoms with van der Waals surface area (Å²) < 4.78 is 52.9. The van der Waals surface area contributed by atoms with E-state index in [1.165, 1.54) is 30.3 Å². The maximum absolute atomic E-state index is 14.2. The molecule has 0 N–H and O–H groups in total. The Morgan fingerprint density at radius 3 is 2.54 bits per heavy atom. The lowest BCUT2D eigenvalue weighted by Gasteiger charge is -2.26. The second-order valence-electron chi connectivity index (χ2n) is 5.11. The van der Waals surface area contributed by atoms with Gasteiger partial charge in [0.2, 0.25) is 5.91 Å². The third kappa shape index (κ3) is 3.10. The summed E-state index contributed by atoms with van der Waals surface area (Å²) in [6.07, 6.45) is -4.53. The summed E-state index contributed by atoms with van der Waals surface area (Å²) in [6, 6.07) is 8.52. The first-order valence-corrected chi connectivity index (χ1v) is 8.26. The Kier molecular flexibility index (Phi) is 4.48. The third-order valence-corrected chi connectivity index (χ3v) is 5.07. The smallest absolute Gasteiger partial charge is 0.295 e. The minimum absolute atomic E-state index is 0.0333. The summed E-state index contributed by atoms with van der Waals surface area (Å²) in [5, 5.41) is -0.686. The van der Waals surface area contributed by atoms with Crippen LogP contribution in [0.5, 0.6) is 0 Å². The topological polar surface area (TPSA) is 20.3 Å². The van der Waals surface area contributed by atoms with Crippen LogP contribution in [0.15, 0.2) is 42.5 Å². The molecule has 1 aliphatic heterocycles. The molecular weight excluding hydrogens is 366 g/mol. The van der Waals surface area contributed by atoms with E-state index in [1.54, 1.807) is 0 Å². The van der Waals surface area contributed by atoms with Crippen LogP contribution in [0.4, 0.5) is 23.2 Å². The molecule has 3 rings (SSSR count). The fourth-order valence-corrected chi connectivity index (χ4v) is 4.06. The Hall–Kier alpha value is -1.73. The van der Waals surface area contributed by atoms with E-state index in [4.69, 9.17) is 11.6 Å². The lowest BCUT2D eigenvalue weighted by molar-refractivity contribution is -0.137. The van der Waals surface area contributed by atoms with Crippen molar-refractivity contribution in [1.29, 1.82) is 0 Å². The highest BCUT2D eigenvalue weighted by atomic mass is 35.5. The molecule has 126 valence electrons. The average molecular weight is 376 g/mol. The van der Waals surface area contributed by atoms with Crippen LogP contribution in [0.2, 0.25) is 5.02 Å². The predicted octanol–water partition coefficient (Wildman–Crippen LogP) is 5.28. The number of anilines is 1. The third-order valence-electron chi connectivity index (χ3n) is 3.57. The van der Waals surface area contributed by atoms with Crippen molar-refractivity contribution in [3.05, 3.63) is 64.4 Å². The van der Waals surface area contributed by atoms with Crippen molar-refractivity contribution in [3.8, 4) is 0 Å². The number of carbonyl (C=O) groups excluding carboxylic acids is 1. The van der Waals surface area contributed by atoms with E-state index in [0.717, 1.165) is 28.8 Å². The van der Waals surface area contributed by atoms with Crippen LogP contribution >= 0.6 is 23.4 Å². The van der Waals surface area contributed by atoms with Crippen LogP contribution < -0.4 is 4.90 Å². The molecule has 0 aromatic heterocycles. The van der Waals surface area contributed by atoms with Crippen molar-refractivity contribution in [3.63, 3.8) is 0 Å². The number of amides is 1. The van der Waals surface area contributed by atoms with E-state index in [-0.39, 0.29) is 22.0 Å². The minimum atomic E-state index is -4.53. The van der Waals surface area contributed by atoms with Gasteiger partial charge in [0.05, 0.1) is 11.3 Å². The number of benzene rings is 2. The van der Waals surface area contributed by atoms with E-state index < -0.39 is 28.8 Å². The Balaban J connectivity index is 2.07. The number of halogens is 5. The monoisotopic (exact) mass is 375 g/mol. The van der Waals surface area contributed by atoms with Gasteiger partial charge in [0.1, 0.15) is 11.2 Å². The van der Waals surface area contributed by atoms with Gasteiger partial charge in [-0.05, 0) is 30.3 Å². The fourth-order valence-electron chi connectivity index (χ4n) is 2.50. The Labute approximate surface area is 144 Å². The van der Waals surface area contributed by atoms with Crippen LogP contribution in [-0.4, -0.2) is 11.7 Å². The molecule has 0 radical (unpaired) electrons. The van der Waals surface area contributed by atoms with E-state index >= 15 is 0 Å². The number of alkyl halides is 3. The van der Waals surface area contributed by atoms with Gasteiger partial charge in [-0.25, -0.2) is 4.39 Å². The van der Waals surface area contributed by atoms with Crippen LogP contribution in [0.1, 0.15) is 16.5 Å². The van der Waals surface area contributed by atoms with Gasteiger partial charge >= 0.3 is 6.18 Å². The van der Waals surface area contributed by atoms with Crippen LogP contribution in [0.3, 0.4) is 0 Å². The zero-order valence-corrected chi connectivity index (χ0v) is 13.6. The number of rotatable bonds is 2. The van der Waals surface area contributed by atoms with Gasteiger partial charge in [-0.1, -0.05) is 23.7 Å². The highest BCUT2D eigenvalue weighted by Crippen LogP contribution is 2.45. The standard InChI is InChI=1S/C16H10ClF4NOS/c17-11-5-2-6-12(18)14(11)15-22(13(23)8-24-15)10-4-1-3-9(7-10)16(19,20)21/h1-7,15H,8H2/t15-/m0/s1. The van der Waals surface area contributed by atoms with Gasteiger partial charge in [-0.2, -0.15) is 13.2 Å². The maximum atomic E-state index is 14.2. The van der Waals surface area contributed by atoms with Crippen LogP contribution in [0, 0.1) is 5.82 Å². The normalized spacial score (nSPS) is 18.3. The number of thioether (sulfide) groups is 1. The molecule has 1 atom stereocenters. The molecule has 1 fully saturated rings. The van der Waals surface area contributed by atoms with Crippen molar-refractivity contribution >= 4 is 35.0 Å². The molecular formula is C16H10ClF4NOS. The molecule has 0 aliphatic carbocycles. The molecule has 1 heterocycles. The van der Waals surface area contributed by atoms with Crippen molar-refractivity contribution in [2.24, 2.45) is 0 Å². The second-order valence-corrected chi connectivity index (χ2v) is 6.59. The maximum Gasteiger partial charge on any atom is 0.416 e. The quantitative estimate of drug-likeness (QED) is 0.666. The van der Waals surface area contributed by atoms with Gasteiger partial charge in [0, 0.05) is 16.3 Å². The molecule has 2 aromatic carbocycles. The van der Waals surface area contributed by atoms with E-state index in [2.05, 4.69) is 0 Å². The average Bonchev–Trinajstić information content (AvgIpc) is 2.88. The van der Waals surface area contributed by atoms with Crippen molar-refractivity contribution < 1.29 is 22.4 Å². The Bertz CT molecular complexity index is 776. The molecule has 0 bridgehead atoms. The molecule has 8 heteroatoms. The highest BCUT2D eigenvalue weighted by Gasteiger charge is 2.38. The minimum Gasteiger partial charge on any atom is -0.295 e. The summed E-state index contributed by atoms with van der Waals surface area (Å²) in [4.78, 5) is 13.4. The molecule has 1 amide bonds. The Morgan fingerprint density at radius 1 is 1.17 bits per heavy atom. The first-order valence-electron chi connectivity index (χ1n) is 6.84. The van der Waals surface area contributed by atoms with Crippen molar-refractivity contribution in [2.75, 3.05) is 10.7 Å². The molecule has 0 unspecified atom stereocenters. The predicted molar refractivity (Wildman–Crippen MR) is 85.5 cm³/mol. The number of hydrogen-bond donors (Lipinski definition) is 0. The first-order chi connectivity index (χ1) is 11.3. The highest BCUT2D eigenvalue weighted by molar-refractivity contribution is 8.00. The number of nitrogens with zero attached hydrogens (tertiary/aromatic N) is 1. The molecule has 24 heavy (non-hydrogen) atoms. The van der Waals surface area contributed by atoms with Crippen molar-refractivity contribution in [1.82, 2.24) is 0 Å². The summed E-state index contributed by atoms with van der Waals surface area (Å²) >= 11 is 7.16. The van der Waals surface area contributed by atoms with E-state index in [0.29, 0.717) is 0 Å². The van der Waals surface area contributed by atoms with Gasteiger partial charge in [-0.15, -0.1) is 11.8 Å². The molecule has 2 aromatic rings. The SMILES string of the molecule is O=C1CS[C@@H](c2c(F)cccc2Cl)N1c1cccc(C(F)(F)F)c1. The lowest BCUT2D eigenvalue weighted by atomic mass is 10.1. The summed E-state index contributed by atoms with van der Waals surface area (Å²) in [5.41, 5.74) is -0.723. The molecule has 0 saturated carbocycles. The van der Waals surface area contributed by atoms with Crippen molar-refractivity contribution in [2.45, 2.75) is 11.6 Å². The van der Waals surface area contributed by atoms with Gasteiger partial charge in [0.25, 0.3) is 0 Å². The van der Waals surface area contributed by atoms with Crippen LogP contribution in [-0.2, 0) is 11.0 Å². The lowest BCUT2D eigenvalue weighted by Crippen LogP contribution is -2.28. The first kappa shape index (κ1) is 17.1. The Morgan fingerprint density at radius 2 is 1.88 bits per heavy atom.